The van der Waals surface area contributed by atoms with Gasteiger partial charge in [0.15, 0.2) is 0 Å². The fourth-order valence-corrected chi connectivity index (χ4v) is 2.92. The summed E-state index contributed by atoms with van der Waals surface area (Å²) >= 11 is 0. The summed E-state index contributed by atoms with van der Waals surface area (Å²) in [5.41, 5.74) is 0.123. The lowest BCUT2D eigenvalue weighted by Crippen LogP contribution is -2.45. The Morgan fingerprint density at radius 1 is 1.00 bits per heavy atom. The van der Waals surface area contributed by atoms with E-state index in [1.165, 1.54) is 51.4 Å². The molecule has 0 aliphatic heterocycles. The van der Waals surface area contributed by atoms with Gasteiger partial charge in [-0.2, -0.15) is 0 Å². The molecule has 0 saturated heterocycles. The zero-order valence-electron chi connectivity index (χ0n) is 13.6. The lowest BCUT2D eigenvalue weighted by molar-refractivity contribution is -0.0578. The van der Waals surface area contributed by atoms with Gasteiger partial charge in [-0.05, 0) is 31.6 Å². The Kier molecular flexibility index (Phi) is 8.01. The molecule has 2 heteroatoms. The largest absolute Gasteiger partial charge is 0.374 e. The Hall–Kier alpha value is -0.0800. The van der Waals surface area contributed by atoms with Crippen molar-refractivity contribution in [2.24, 2.45) is 5.92 Å². The van der Waals surface area contributed by atoms with E-state index in [2.05, 4.69) is 33.0 Å². The first-order chi connectivity index (χ1) is 9.04. The number of nitrogens with one attached hydrogen (secondary N) is 1. The maximum atomic E-state index is 6.39. The molecule has 1 aliphatic rings. The van der Waals surface area contributed by atoms with Crippen LogP contribution in [-0.4, -0.2) is 24.8 Å². The Bertz CT molecular complexity index is 217. The molecule has 1 saturated carbocycles. The lowest BCUT2D eigenvalue weighted by Gasteiger charge is -2.34. The summed E-state index contributed by atoms with van der Waals surface area (Å²) in [5, 5.41) is 3.61. The number of hydrogen-bond acceptors (Lipinski definition) is 2. The van der Waals surface area contributed by atoms with Crippen LogP contribution in [0.1, 0.15) is 79.1 Å². The van der Waals surface area contributed by atoms with Gasteiger partial charge in [-0.1, -0.05) is 53.4 Å². The summed E-state index contributed by atoms with van der Waals surface area (Å²) in [4.78, 5) is 0. The molecule has 0 atom stereocenters. The van der Waals surface area contributed by atoms with Crippen molar-refractivity contribution in [3.8, 4) is 0 Å². The number of rotatable bonds is 8. The minimum atomic E-state index is 0.123. The fraction of sp³-hybridized carbons (Fsp3) is 1.00. The molecule has 19 heavy (non-hydrogen) atoms. The molecule has 0 aromatic heterocycles. The smallest absolute Gasteiger partial charge is 0.0806 e. The van der Waals surface area contributed by atoms with Crippen LogP contribution in [0, 0.1) is 5.92 Å². The molecule has 1 N–H and O–H groups in total. The van der Waals surface area contributed by atoms with Crippen LogP contribution in [0.5, 0.6) is 0 Å². The van der Waals surface area contributed by atoms with Gasteiger partial charge in [0.25, 0.3) is 0 Å². The summed E-state index contributed by atoms with van der Waals surface area (Å²) in [6.07, 6.45) is 10.4. The van der Waals surface area contributed by atoms with Gasteiger partial charge < -0.3 is 10.1 Å². The van der Waals surface area contributed by atoms with E-state index in [0.717, 1.165) is 19.1 Å². The van der Waals surface area contributed by atoms with Crippen LogP contribution >= 0.6 is 0 Å². The van der Waals surface area contributed by atoms with Gasteiger partial charge in [-0.25, -0.2) is 0 Å². The number of ether oxygens (including phenoxy) is 1. The Balaban J connectivity index is 2.42. The molecule has 114 valence electrons. The minimum Gasteiger partial charge on any atom is -0.374 e. The zero-order valence-corrected chi connectivity index (χ0v) is 13.6. The van der Waals surface area contributed by atoms with Crippen molar-refractivity contribution in [2.75, 3.05) is 13.2 Å². The van der Waals surface area contributed by atoms with Crippen molar-refractivity contribution in [1.29, 1.82) is 0 Å². The van der Waals surface area contributed by atoms with E-state index in [1.807, 2.05) is 0 Å². The first-order valence-electron chi connectivity index (χ1n) is 8.41. The van der Waals surface area contributed by atoms with Gasteiger partial charge in [0.2, 0.25) is 0 Å². The molecule has 1 fully saturated rings. The standard InChI is InChI=1S/C17H35NO/c1-15(2)10-9-13-19-17(14-18-16(3)4)11-7-5-6-8-12-17/h15-16,18H,5-14H2,1-4H3. The fourth-order valence-electron chi connectivity index (χ4n) is 2.92. The predicted molar refractivity (Wildman–Crippen MR) is 83.6 cm³/mol. The first-order valence-corrected chi connectivity index (χ1v) is 8.41. The SMILES string of the molecule is CC(C)CCCOC1(CNC(C)C)CCCCCC1. The second-order valence-corrected chi connectivity index (χ2v) is 7.02. The van der Waals surface area contributed by atoms with E-state index in [4.69, 9.17) is 4.74 Å². The van der Waals surface area contributed by atoms with Gasteiger partial charge in [0.1, 0.15) is 0 Å². The van der Waals surface area contributed by atoms with Gasteiger partial charge in [-0.15, -0.1) is 0 Å². The number of hydrogen-bond donors (Lipinski definition) is 1. The van der Waals surface area contributed by atoms with Gasteiger partial charge >= 0.3 is 0 Å². The Morgan fingerprint density at radius 3 is 2.16 bits per heavy atom. The van der Waals surface area contributed by atoms with Crippen LogP contribution in [0.3, 0.4) is 0 Å². The molecule has 2 nitrogen and oxygen atoms in total. The molecule has 0 amide bonds. The zero-order chi connectivity index (χ0) is 14.1. The summed E-state index contributed by atoms with van der Waals surface area (Å²) in [6, 6.07) is 0.555. The summed E-state index contributed by atoms with van der Waals surface area (Å²) < 4.78 is 6.39. The van der Waals surface area contributed by atoms with Crippen LogP contribution in [0.15, 0.2) is 0 Å². The van der Waals surface area contributed by atoms with Crippen LogP contribution < -0.4 is 5.32 Å². The summed E-state index contributed by atoms with van der Waals surface area (Å²) in [7, 11) is 0. The van der Waals surface area contributed by atoms with E-state index in [-0.39, 0.29) is 5.60 Å². The topological polar surface area (TPSA) is 21.3 Å². The third-order valence-electron chi connectivity index (χ3n) is 4.18. The summed E-state index contributed by atoms with van der Waals surface area (Å²) in [6.45, 7) is 11.0. The van der Waals surface area contributed by atoms with Gasteiger partial charge in [-0.3, -0.25) is 0 Å². The highest BCUT2D eigenvalue weighted by Crippen LogP contribution is 2.30. The van der Waals surface area contributed by atoms with E-state index in [1.54, 1.807) is 0 Å². The van der Waals surface area contributed by atoms with Gasteiger partial charge in [0, 0.05) is 19.2 Å². The average Bonchev–Trinajstić information content (AvgIpc) is 2.58. The van der Waals surface area contributed by atoms with E-state index >= 15 is 0 Å². The second kappa shape index (κ2) is 8.97. The third-order valence-corrected chi connectivity index (χ3v) is 4.18. The molecule has 0 unspecified atom stereocenters. The first kappa shape index (κ1) is 17.0. The third kappa shape index (κ3) is 7.31. The summed E-state index contributed by atoms with van der Waals surface area (Å²) in [5.74, 6) is 0.794. The molecule has 1 aliphatic carbocycles. The quantitative estimate of drug-likeness (QED) is 0.516. The molecule has 0 bridgehead atoms. The van der Waals surface area contributed by atoms with Gasteiger partial charge in [0.05, 0.1) is 5.60 Å². The van der Waals surface area contributed by atoms with Crippen LogP contribution in [0.4, 0.5) is 0 Å². The molecule has 0 heterocycles. The van der Waals surface area contributed by atoms with E-state index in [9.17, 15) is 0 Å². The second-order valence-electron chi connectivity index (χ2n) is 7.02. The molecule has 0 radical (unpaired) electrons. The highest BCUT2D eigenvalue weighted by atomic mass is 16.5. The maximum absolute atomic E-state index is 6.39. The van der Waals surface area contributed by atoms with Crippen molar-refractivity contribution in [1.82, 2.24) is 5.32 Å². The van der Waals surface area contributed by atoms with Crippen LogP contribution in [-0.2, 0) is 4.74 Å². The molecule has 0 aromatic carbocycles. The maximum Gasteiger partial charge on any atom is 0.0806 e. The van der Waals surface area contributed by atoms with Crippen molar-refractivity contribution >= 4 is 0 Å². The van der Waals surface area contributed by atoms with E-state index in [0.29, 0.717) is 6.04 Å². The van der Waals surface area contributed by atoms with Crippen LogP contribution in [0.25, 0.3) is 0 Å². The molecular formula is C17H35NO. The lowest BCUT2D eigenvalue weighted by atomic mass is 9.93. The molecular weight excluding hydrogens is 234 g/mol. The van der Waals surface area contributed by atoms with Crippen molar-refractivity contribution in [3.63, 3.8) is 0 Å². The highest BCUT2D eigenvalue weighted by molar-refractivity contribution is 4.86. The Labute approximate surface area is 120 Å². The van der Waals surface area contributed by atoms with E-state index < -0.39 is 0 Å². The minimum absolute atomic E-state index is 0.123. The molecule has 1 rings (SSSR count). The van der Waals surface area contributed by atoms with Crippen molar-refractivity contribution in [3.05, 3.63) is 0 Å². The normalized spacial score (nSPS) is 19.9. The predicted octanol–water partition coefficient (Wildman–Crippen LogP) is 4.53. The van der Waals surface area contributed by atoms with Crippen LogP contribution in [0.2, 0.25) is 0 Å². The highest BCUT2D eigenvalue weighted by Gasteiger charge is 2.31. The average molecular weight is 269 g/mol. The molecule has 0 aromatic rings. The Morgan fingerprint density at radius 2 is 1.63 bits per heavy atom. The molecule has 0 spiro atoms. The monoisotopic (exact) mass is 269 g/mol. The van der Waals surface area contributed by atoms with Crippen molar-refractivity contribution < 1.29 is 4.74 Å². The van der Waals surface area contributed by atoms with Crippen molar-refractivity contribution in [2.45, 2.75) is 90.7 Å².